The Balaban J connectivity index is 0.000000786. The zero-order valence-corrected chi connectivity index (χ0v) is 22.2. The predicted octanol–water partition coefficient (Wildman–Crippen LogP) is 7.78. The van der Waals surface area contributed by atoms with Gasteiger partial charge in [-0.1, -0.05) is 72.8 Å². The van der Waals surface area contributed by atoms with Gasteiger partial charge in [0.2, 0.25) is 5.12 Å². The van der Waals surface area contributed by atoms with Gasteiger partial charge in [0.15, 0.2) is 0 Å². The van der Waals surface area contributed by atoms with E-state index in [9.17, 15) is 14.7 Å². The monoisotopic (exact) mass is 524 g/mol. The van der Waals surface area contributed by atoms with Gasteiger partial charge in [-0.05, 0) is 62.9 Å². The average Bonchev–Trinajstić information content (AvgIpc) is 2.94. The molecule has 38 heavy (non-hydrogen) atoms. The van der Waals surface area contributed by atoms with Crippen LogP contribution < -0.4 is 9.47 Å². The van der Waals surface area contributed by atoms with E-state index >= 15 is 0 Å². The molecular weight excluding hydrogens is 496 g/mol. The van der Waals surface area contributed by atoms with Crippen LogP contribution in [0.4, 0.5) is 0 Å². The average molecular weight is 525 g/mol. The SMILES string of the molecule is C/C=C\C.CC1(O)c2ccccc2Oc2cc(OC(=O)c3ccccc3SC(=O)c3ccccc3)ccc21. The Kier molecular flexibility index (Phi) is 8.46. The maximum Gasteiger partial charge on any atom is 0.344 e. The summed E-state index contributed by atoms with van der Waals surface area (Å²) in [5, 5.41) is 11.0. The largest absolute Gasteiger partial charge is 0.456 e. The van der Waals surface area contributed by atoms with Gasteiger partial charge in [0.05, 0.1) is 5.56 Å². The first-order chi connectivity index (χ1) is 18.3. The standard InChI is InChI=1S/C28H20O5S.C4H8/c1-28(31)21-12-6-7-13-23(21)33-24-17-19(15-16-22(24)28)32-26(29)20-11-5-8-14-25(20)34-27(30)18-9-3-2-4-10-18;1-3-4-2/h2-17,31H,1H3;3-4H,1-2H3/b;4-3-. The highest BCUT2D eigenvalue weighted by atomic mass is 32.2. The molecule has 0 bridgehead atoms. The van der Waals surface area contributed by atoms with E-state index in [1.165, 1.54) is 0 Å². The molecule has 0 saturated carbocycles. The van der Waals surface area contributed by atoms with Crippen molar-refractivity contribution in [1.82, 2.24) is 0 Å². The summed E-state index contributed by atoms with van der Waals surface area (Å²) in [6, 6.07) is 27.9. The van der Waals surface area contributed by atoms with E-state index < -0.39 is 11.6 Å². The number of rotatable bonds is 4. The van der Waals surface area contributed by atoms with Gasteiger partial charge in [-0.15, -0.1) is 0 Å². The third-order valence-electron chi connectivity index (χ3n) is 5.97. The summed E-state index contributed by atoms with van der Waals surface area (Å²) in [5.74, 6) is 0.639. The topological polar surface area (TPSA) is 72.8 Å². The molecule has 1 aliphatic heterocycles. The van der Waals surface area contributed by atoms with Gasteiger partial charge in [0.1, 0.15) is 22.8 Å². The van der Waals surface area contributed by atoms with Gasteiger partial charge in [-0.2, -0.15) is 0 Å². The molecule has 0 aliphatic carbocycles. The molecular formula is C32H28O5S. The lowest BCUT2D eigenvalue weighted by Gasteiger charge is -2.33. The lowest BCUT2D eigenvalue weighted by atomic mass is 9.85. The molecule has 5 rings (SSSR count). The molecule has 4 aromatic rings. The van der Waals surface area contributed by atoms with E-state index in [-0.39, 0.29) is 16.4 Å². The zero-order chi connectivity index (χ0) is 27.1. The Hall–Kier alpha value is -4.13. The van der Waals surface area contributed by atoms with E-state index in [1.54, 1.807) is 79.7 Å². The minimum Gasteiger partial charge on any atom is -0.456 e. The third-order valence-corrected chi connectivity index (χ3v) is 6.97. The van der Waals surface area contributed by atoms with Crippen molar-refractivity contribution in [3.05, 3.63) is 131 Å². The van der Waals surface area contributed by atoms with Crippen LogP contribution in [0.3, 0.4) is 0 Å². The number of hydrogen-bond donors (Lipinski definition) is 1. The fourth-order valence-electron chi connectivity index (χ4n) is 3.89. The minimum absolute atomic E-state index is 0.163. The van der Waals surface area contributed by atoms with E-state index in [4.69, 9.17) is 9.47 Å². The Morgan fingerprint density at radius 1 is 0.816 bits per heavy atom. The maximum atomic E-state index is 13.0. The third kappa shape index (κ3) is 5.88. The number of para-hydroxylation sites is 1. The van der Waals surface area contributed by atoms with Gasteiger partial charge < -0.3 is 14.6 Å². The highest BCUT2D eigenvalue weighted by Gasteiger charge is 2.36. The molecule has 0 saturated heterocycles. The first kappa shape index (κ1) is 26.9. The molecule has 1 heterocycles. The van der Waals surface area contributed by atoms with Crippen LogP contribution in [0.2, 0.25) is 0 Å². The van der Waals surface area contributed by atoms with Gasteiger partial charge in [-0.25, -0.2) is 4.79 Å². The Bertz CT molecular complexity index is 1470. The van der Waals surface area contributed by atoms with E-state index in [0.29, 0.717) is 33.1 Å². The molecule has 0 aromatic heterocycles. The number of hydrogen-bond acceptors (Lipinski definition) is 6. The highest BCUT2D eigenvalue weighted by Crippen LogP contribution is 2.47. The van der Waals surface area contributed by atoms with Crippen LogP contribution in [-0.4, -0.2) is 16.2 Å². The van der Waals surface area contributed by atoms with E-state index in [0.717, 1.165) is 11.8 Å². The number of esters is 1. The lowest BCUT2D eigenvalue weighted by Crippen LogP contribution is -2.27. The molecule has 1 atom stereocenters. The maximum absolute atomic E-state index is 13.0. The summed E-state index contributed by atoms with van der Waals surface area (Å²) in [6.07, 6.45) is 4.00. The van der Waals surface area contributed by atoms with Gasteiger partial charge in [-0.3, -0.25) is 4.79 Å². The molecule has 1 N–H and O–H groups in total. The number of aliphatic hydroxyl groups is 1. The fourth-order valence-corrected chi connectivity index (χ4v) is 4.76. The van der Waals surface area contributed by atoms with Crippen molar-refractivity contribution in [2.24, 2.45) is 0 Å². The van der Waals surface area contributed by atoms with E-state index in [2.05, 4.69) is 0 Å². The fraction of sp³-hybridized carbons (Fsp3) is 0.125. The number of benzene rings is 4. The second kappa shape index (κ2) is 11.9. The van der Waals surface area contributed by atoms with Crippen LogP contribution in [-0.2, 0) is 5.60 Å². The van der Waals surface area contributed by atoms with Crippen LogP contribution in [0, 0.1) is 0 Å². The second-order valence-corrected chi connectivity index (χ2v) is 9.65. The number of thioether (sulfide) groups is 1. The Labute approximate surface area is 226 Å². The number of fused-ring (bicyclic) bond motifs is 2. The van der Waals surface area contributed by atoms with Crippen molar-refractivity contribution in [2.75, 3.05) is 0 Å². The van der Waals surface area contributed by atoms with Crippen molar-refractivity contribution in [3.8, 4) is 17.2 Å². The smallest absolute Gasteiger partial charge is 0.344 e. The first-order valence-electron chi connectivity index (χ1n) is 12.1. The summed E-state index contributed by atoms with van der Waals surface area (Å²) < 4.78 is 11.6. The Morgan fingerprint density at radius 3 is 2.18 bits per heavy atom. The van der Waals surface area contributed by atoms with Gasteiger partial charge in [0.25, 0.3) is 0 Å². The summed E-state index contributed by atoms with van der Waals surface area (Å²) in [5.41, 5.74) is 0.840. The van der Waals surface area contributed by atoms with Crippen molar-refractivity contribution in [1.29, 1.82) is 0 Å². The number of ether oxygens (including phenoxy) is 2. The molecule has 0 radical (unpaired) electrons. The predicted molar refractivity (Wildman–Crippen MR) is 150 cm³/mol. The molecule has 0 fully saturated rings. The van der Waals surface area contributed by atoms with Crippen molar-refractivity contribution < 1.29 is 24.2 Å². The number of carbonyl (C=O) groups excluding carboxylic acids is 2. The normalized spacial score (nSPS) is 15.4. The molecule has 6 heteroatoms. The molecule has 0 spiro atoms. The van der Waals surface area contributed by atoms with Crippen LogP contribution in [0.15, 0.2) is 114 Å². The van der Waals surface area contributed by atoms with Gasteiger partial charge in [0, 0.05) is 27.7 Å². The summed E-state index contributed by atoms with van der Waals surface area (Å²) in [7, 11) is 0. The minimum atomic E-state index is -1.24. The summed E-state index contributed by atoms with van der Waals surface area (Å²) in [4.78, 5) is 26.2. The lowest BCUT2D eigenvalue weighted by molar-refractivity contribution is 0.0730. The molecule has 1 aliphatic rings. The molecule has 0 amide bonds. The van der Waals surface area contributed by atoms with E-state index in [1.807, 2.05) is 50.3 Å². The molecule has 4 aromatic carbocycles. The number of allylic oxidation sites excluding steroid dienone is 2. The van der Waals surface area contributed by atoms with Crippen LogP contribution in [0.5, 0.6) is 17.2 Å². The Morgan fingerprint density at radius 2 is 1.45 bits per heavy atom. The summed E-state index contributed by atoms with van der Waals surface area (Å²) in [6.45, 7) is 5.70. The van der Waals surface area contributed by atoms with Crippen LogP contribution >= 0.6 is 11.8 Å². The van der Waals surface area contributed by atoms with Crippen molar-refractivity contribution >= 4 is 22.8 Å². The quantitative estimate of drug-likeness (QED) is 0.127. The molecule has 192 valence electrons. The first-order valence-corrected chi connectivity index (χ1v) is 13.0. The highest BCUT2D eigenvalue weighted by molar-refractivity contribution is 8.14. The summed E-state index contributed by atoms with van der Waals surface area (Å²) >= 11 is 0.980. The molecule has 1 unspecified atom stereocenters. The van der Waals surface area contributed by atoms with Crippen molar-refractivity contribution in [2.45, 2.75) is 31.3 Å². The second-order valence-electron chi connectivity index (χ2n) is 8.64. The molecule has 5 nitrogen and oxygen atoms in total. The van der Waals surface area contributed by atoms with Crippen molar-refractivity contribution in [3.63, 3.8) is 0 Å². The van der Waals surface area contributed by atoms with Gasteiger partial charge >= 0.3 is 5.97 Å². The van der Waals surface area contributed by atoms with Crippen LogP contribution in [0.25, 0.3) is 0 Å². The number of carbonyl (C=O) groups is 2. The zero-order valence-electron chi connectivity index (χ0n) is 21.4. The van der Waals surface area contributed by atoms with Crippen LogP contribution in [0.1, 0.15) is 52.6 Å².